The van der Waals surface area contributed by atoms with E-state index in [9.17, 15) is 9.59 Å². The first-order chi connectivity index (χ1) is 8.72. The molecule has 3 nitrogen and oxygen atoms in total. The summed E-state index contributed by atoms with van der Waals surface area (Å²) in [5.74, 6) is -0.433. The van der Waals surface area contributed by atoms with Crippen LogP contribution in [-0.4, -0.2) is 18.2 Å². The minimum Gasteiger partial charge on any atom is -0.465 e. The summed E-state index contributed by atoms with van der Waals surface area (Å²) in [5, 5.41) is 1.78. The lowest BCUT2D eigenvalue weighted by Gasteiger charge is -2.05. The van der Waals surface area contributed by atoms with Crippen molar-refractivity contribution < 1.29 is 14.3 Å². The maximum atomic E-state index is 12.0. The van der Waals surface area contributed by atoms with Gasteiger partial charge in [0.1, 0.15) is 0 Å². The molecule has 0 saturated carbocycles. The molecule has 18 heavy (non-hydrogen) atoms. The minimum absolute atomic E-state index is 0.0682. The first-order valence-corrected chi connectivity index (χ1v) is 6.85. The van der Waals surface area contributed by atoms with Crippen molar-refractivity contribution in [1.82, 2.24) is 0 Å². The number of carbonyl (C=O) groups is 2. The van der Waals surface area contributed by atoms with E-state index in [1.54, 1.807) is 30.3 Å². The molecule has 0 aliphatic heterocycles. The van der Waals surface area contributed by atoms with Gasteiger partial charge in [-0.3, -0.25) is 4.79 Å². The van der Waals surface area contributed by atoms with Crippen LogP contribution in [-0.2, 0) is 4.74 Å². The van der Waals surface area contributed by atoms with Gasteiger partial charge in [-0.2, -0.15) is 0 Å². The lowest BCUT2D eigenvalue weighted by atomic mass is 10.2. The van der Waals surface area contributed by atoms with E-state index in [1.807, 2.05) is 11.4 Å². The molecule has 0 amide bonds. The Morgan fingerprint density at radius 1 is 1.17 bits per heavy atom. The Bertz CT molecular complexity index is 561. The van der Waals surface area contributed by atoms with E-state index in [0.29, 0.717) is 15.3 Å². The molecule has 92 valence electrons. The fraction of sp³-hybridized carbons (Fsp3) is 0.0769. The van der Waals surface area contributed by atoms with Gasteiger partial charge in [-0.05, 0) is 35.3 Å². The zero-order chi connectivity index (χ0) is 13.0. The van der Waals surface area contributed by atoms with Crippen molar-refractivity contribution in [2.45, 2.75) is 4.90 Å². The van der Waals surface area contributed by atoms with E-state index in [-0.39, 0.29) is 5.12 Å². The summed E-state index contributed by atoms with van der Waals surface area (Å²) < 4.78 is 4.69. The summed E-state index contributed by atoms with van der Waals surface area (Å²) in [6.45, 7) is 0. The highest BCUT2D eigenvalue weighted by molar-refractivity contribution is 8.14. The first kappa shape index (κ1) is 12.9. The molecule has 0 saturated heterocycles. The third-order valence-electron chi connectivity index (χ3n) is 2.22. The largest absolute Gasteiger partial charge is 0.465 e. The summed E-state index contributed by atoms with van der Waals surface area (Å²) in [5.41, 5.74) is 0.412. The molecule has 0 aliphatic rings. The Morgan fingerprint density at radius 3 is 2.61 bits per heavy atom. The molecule has 0 unspecified atom stereocenters. The van der Waals surface area contributed by atoms with Crippen molar-refractivity contribution in [2.75, 3.05) is 7.11 Å². The van der Waals surface area contributed by atoms with Gasteiger partial charge in [0.05, 0.1) is 17.6 Å². The van der Waals surface area contributed by atoms with Gasteiger partial charge in [0.25, 0.3) is 0 Å². The van der Waals surface area contributed by atoms with Gasteiger partial charge >= 0.3 is 5.97 Å². The van der Waals surface area contributed by atoms with E-state index < -0.39 is 5.97 Å². The zero-order valence-electron chi connectivity index (χ0n) is 9.58. The van der Waals surface area contributed by atoms with Crippen LogP contribution in [0.1, 0.15) is 20.0 Å². The van der Waals surface area contributed by atoms with E-state index in [0.717, 1.165) is 11.8 Å². The summed E-state index contributed by atoms with van der Waals surface area (Å²) in [6, 6.07) is 10.5. The highest BCUT2D eigenvalue weighted by Crippen LogP contribution is 2.28. The smallest absolute Gasteiger partial charge is 0.339 e. The van der Waals surface area contributed by atoms with Gasteiger partial charge in [-0.25, -0.2) is 4.79 Å². The number of rotatable bonds is 3. The second-order valence-electron chi connectivity index (χ2n) is 3.35. The number of ether oxygens (including phenoxy) is 1. The summed E-state index contributed by atoms with van der Waals surface area (Å²) in [4.78, 5) is 24.8. The SMILES string of the molecule is COC(=O)c1ccccc1SC(=O)c1cccs1. The van der Waals surface area contributed by atoms with E-state index in [1.165, 1.54) is 18.4 Å². The van der Waals surface area contributed by atoms with Gasteiger partial charge in [0, 0.05) is 4.90 Å². The number of carbonyl (C=O) groups excluding carboxylic acids is 2. The molecule has 0 aliphatic carbocycles. The topological polar surface area (TPSA) is 43.4 Å². The molecule has 0 N–H and O–H groups in total. The molecule has 0 fully saturated rings. The number of benzene rings is 1. The Labute approximate surface area is 113 Å². The van der Waals surface area contributed by atoms with Crippen LogP contribution < -0.4 is 0 Å². The normalized spacial score (nSPS) is 10.1. The van der Waals surface area contributed by atoms with Gasteiger partial charge in [0.15, 0.2) is 0 Å². The average molecular weight is 278 g/mol. The van der Waals surface area contributed by atoms with Crippen molar-refractivity contribution in [2.24, 2.45) is 0 Å². The fourth-order valence-corrected chi connectivity index (χ4v) is 2.98. The molecule has 1 aromatic carbocycles. The van der Waals surface area contributed by atoms with Crippen molar-refractivity contribution in [1.29, 1.82) is 0 Å². The molecular weight excluding hydrogens is 268 g/mol. The Kier molecular flexibility index (Phi) is 4.17. The lowest BCUT2D eigenvalue weighted by Crippen LogP contribution is -2.03. The number of thioether (sulfide) groups is 1. The number of methoxy groups -OCH3 is 1. The van der Waals surface area contributed by atoms with Crippen molar-refractivity contribution in [3.05, 3.63) is 52.2 Å². The molecule has 1 aromatic heterocycles. The van der Waals surface area contributed by atoms with Crippen LogP contribution in [0.5, 0.6) is 0 Å². The predicted molar refractivity (Wildman–Crippen MR) is 72.3 cm³/mol. The predicted octanol–water partition coefficient (Wildman–Crippen LogP) is 3.47. The van der Waals surface area contributed by atoms with Crippen molar-refractivity contribution >= 4 is 34.2 Å². The minimum atomic E-state index is -0.433. The highest BCUT2D eigenvalue weighted by atomic mass is 32.2. The molecule has 0 radical (unpaired) electrons. The summed E-state index contributed by atoms with van der Waals surface area (Å²) >= 11 is 2.43. The maximum absolute atomic E-state index is 12.0. The first-order valence-electron chi connectivity index (χ1n) is 5.15. The zero-order valence-corrected chi connectivity index (χ0v) is 11.2. The fourth-order valence-electron chi connectivity index (χ4n) is 1.38. The van der Waals surface area contributed by atoms with Crippen LogP contribution in [0.4, 0.5) is 0 Å². The molecule has 5 heteroatoms. The third-order valence-corrected chi connectivity index (χ3v) is 4.20. The standard InChI is InChI=1S/C13H10O3S2/c1-16-12(14)9-5-2-3-6-10(9)18-13(15)11-7-4-8-17-11/h2-8H,1H3. The Morgan fingerprint density at radius 2 is 1.94 bits per heavy atom. The van der Waals surface area contributed by atoms with Crippen LogP contribution in [0, 0.1) is 0 Å². The van der Waals surface area contributed by atoms with Gasteiger partial charge in [-0.15, -0.1) is 11.3 Å². The van der Waals surface area contributed by atoms with Gasteiger partial charge in [-0.1, -0.05) is 18.2 Å². The van der Waals surface area contributed by atoms with E-state index in [4.69, 9.17) is 0 Å². The van der Waals surface area contributed by atoms with Gasteiger partial charge < -0.3 is 4.74 Å². The Hall–Kier alpha value is -1.59. The van der Waals surface area contributed by atoms with Crippen LogP contribution in [0.25, 0.3) is 0 Å². The maximum Gasteiger partial charge on any atom is 0.339 e. The molecule has 0 bridgehead atoms. The molecule has 2 aromatic rings. The second-order valence-corrected chi connectivity index (χ2v) is 5.32. The summed E-state index contributed by atoms with van der Waals surface area (Å²) in [6.07, 6.45) is 0. The summed E-state index contributed by atoms with van der Waals surface area (Å²) in [7, 11) is 1.32. The number of hydrogen-bond donors (Lipinski definition) is 0. The second kappa shape index (κ2) is 5.84. The van der Waals surface area contributed by atoms with Crippen LogP contribution in [0.3, 0.4) is 0 Å². The molecular formula is C13H10O3S2. The van der Waals surface area contributed by atoms with Crippen molar-refractivity contribution in [3.63, 3.8) is 0 Å². The van der Waals surface area contributed by atoms with Crippen LogP contribution in [0.15, 0.2) is 46.7 Å². The molecule has 0 spiro atoms. The van der Waals surface area contributed by atoms with Crippen LogP contribution >= 0.6 is 23.1 Å². The molecule has 2 rings (SSSR count). The number of hydrogen-bond acceptors (Lipinski definition) is 5. The van der Waals surface area contributed by atoms with E-state index >= 15 is 0 Å². The van der Waals surface area contributed by atoms with Crippen molar-refractivity contribution in [3.8, 4) is 0 Å². The molecule has 1 heterocycles. The monoisotopic (exact) mass is 278 g/mol. The molecule has 0 atom stereocenters. The average Bonchev–Trinajstić information content (AvgIpc) is 2.92. The van der Waals surface area contributed by atoms with Gasteiger partial charge in [0.2, 0.25) is 5.12 Å². The lowest BCUT2D eigenvalue weighted by molar-refractivity contribution is 0.0597. The van der Waals surface area contributed by atoms with Crippen LogP contribution in [0.2, 0.25) is 0 Å². The highest BCUT2D eigenvalue weighted by Gasteiger charge is 2.16. The number of esters is 1. The Balaban J connectivity index is 2.24. The van der Waals surface area contributed by atoms with E-state index in [2.05, 4.69) is 4.74 Å². The number of thiophene rings is 1. The quantitative estimate of drug-likeness (QED) is 0.637. The third kappa shape index (κ3) is 2.80.